The van der Waals surface area contributed by atoms with Gasteiger partial charge in [-0.25, -0.2) is 4.98 Å². The Morgan fingerprint density at radius 3 is 2.86 bits per heavy atom. The highest BCUT2D eigenvalue weighted by molar-refractivity contribution is 5.81. The number of anilines is 1. The van der Waals surface area contributed by atoms with Crippen LogP contribution in [0.2, 0.25) is 0 Å². The molecule has 0 atom stereocenters. The van der Waals surface area contributed by atoms with Crippen LogP contribution in [0.15, 0.2) is 12.3 Å². The van der Waals surface area contributed by atoms with Crippen molar-refractivity contribution in [2.75, 3.05) is 45.3 Å². The molecule has 0 aliphatic carbocycles. The highest BCUT2D eigenvalue weighted by Gasteiger charge is 2.10. The van der Waals surface area contributed by atoms with Crippen LogP contribution in [0.3, 0.4) is 0 Å². The maximum absolute atomic E-state index is 11.6. The van der Waals surface area contributed by atoms with Gasteiger partial charge in [0.1, 0.15) is 5.82 Å². The van der Waals surface area contributed by atoms with E-state index in [9.17, 15) is 4.79 Å². The number of nitrogens with zero attached hydrogens (tertiary/aromatic N) is 2. The predicted octanol–water partition coefficient (Wildman–Crippen LogP) is 0.698. The summed E-state index contributed by atoms with van der Waals surface area (Å²) in [6.45, 7) is 7.14. The number of likely N-dealkylation sites (N-methyl/N-ethyl adjacent to an activating group) is 2. The van der Waals surface area contributed by atoms with E-state index in [-0.39, 0.29) is 5.91 Å². The molecule has 6 heteroatoms. The number of hydrogen-bond acceptors (Lipinski definition) is 5. The van der Waals surface area contributed by atoms with E-state index in [1.807, 2.05) is 32.0 Å². The topological polar surface area (TPSA) is 66.5 Å². The number of ether oxygens (including phenoxy) is 1. The molecule has 1 amide bonds. The van der Waals surface area contributed by atoms with Gasteiger partial charge in [-0.15, -0.1) is 0 Å². The second kappa shape index (κ2) is 9.31. The quantitative estimate of drug-likeness (QED) is 0.656. The van der Waals surface area contributed by atoms with Crippen molar-refractivity contribution in [3.8, 4) is 0 Å². The van der Waals surface area contributed by atoms with Crippen LogP contribution >= 0.6 is 0 Å². The summed E-state index contributed by atoms with van der Waals surface area (Å²) in [5.41, 5.74) is 2.19. The van der Waals surface area contributed by atoms with Gasteiger partial charge in [0.25, 0.3) is 0 Å². The van der Waals surface area contributed by atoms with Crippen LogP contribution in [-0.4, -0.2) is 51.3 Å². The van der Waals surface area contributed by atoms with Gasteiger partial charge >= 0.3 is 0 Å². The molecule has 0 saturated heterocycles. The van der Waals surface area contributed by atoms with Crippen LogP contribution < -0.4 is 15.5 Å². The Hall–Kier alpha value is -1.66. The molecular weight excluding hydrogens is 268 g/mol. The molecule has 1 aromatic heterocycles. The minimum absolute atomic E-state index is 0.00603. The average molecular weight is 294 g/mol. The van der Waals surface area contributed by atoms with Crippen molar-refractivity contribution >= 4 is 11.7 Å². The summed E-state index contributed by atoms with van der Waals surface area (Å²) in [7, 11) is 3.56. The normalized spacial score (nSPS) is 10.5. The number of carbonyl (C=O) groups excluding carboxylic acids is 1. The van der Waals surface area contributed by atoms with E-state index >= 15 is 0 Å². The molecule has 1 heterocycles. The van der Waals surface area contributed by atoms with Crippen molar-refractivity contribution < 1.29 is 9.53 Å². The lowest BCUT2D eigenvalue weighted by Gasteiger charge is -2.20. The first-order valence-corrected chi connectivity index (χ1v) is 7.21. The van der Waals surface area contributed by atoms with Crippen LogP contribution in [-0.2, 0) is 16.1 Å². The van der Waals surface area contributed by atoms with Crippen molar-refractivity contribution in [1.29, 1.82) is 0 Å². The molecular formula is C15H26N4O2. The Balaban J connectivity index is 2.58. The van der Waals surface area contributed by atoms with Crippen molar-refractivity contribution in [1.82, 2.24) is 15.6 Å². The Labute approximate surface area is 126 Å². The minimum Gasteiger partial charge on any atom is -0.383 e. The summed E-state index contributed by atoms with van der Waals surface area (Å²) < 4.78 is 4.99. The number of pyridine rings is 1. The van der Waals surface area contributed by atoms with Crippen LogP contribution in [0.4, 0.5) is 5.82 Å². The SMILES string of the molecule is CCNC(=O)CN(C)c1ncc(CNCCOC)cc1C. The number of amides is 1. The molecule has 0 aliphatic heterocycles. The standard InChI is InChI=1S/C15H26N4O2/c1-5-17-14(20)11-19(3)15-12(2)8-13(10-18-15)9-16-6-7-21-4/h8,10,16H,5-7,9,11H2,1-4H3,(H,17,20). The summed E-state index contributed by atoms with van der Waals surface area (Å²) in [5, 5.41) is 6.07. The Morgan fingerprint density at radius 1 is 1.48 bits per heavy atom. The largest absolute Gasteiger partial charge is 0.383 e. The van der Waals surface area contributed by atoms with E-state index < -0.39 is 0 Å². The molecule has 0 radical (unpaired) electrons. The predicted molar refractivity (Wildman–Crippen MR) is 84.5 cm³/mol. The fourth-order valence-electron chi connectivity index (χ4n) is 2.07. The molecule has 0 aliphatic rings. The van der Waals surface area contributed by atoms with Gasteiger partial charge < -0.3 is 20.3 Å². The molecule has 0 spiro atoms. The summed E-state index contributed by atoms with van der Waals surface area (Å²) >= 11 is 0. The Morgan fingerprint density at radius 2 is 2.24 bits per heavy atom. The van der Waals surface area contributed by atoms with E-state index in [0.29, 0.717) is 19.7 Å². The number of hydrogen-bond donors (Lipinski definition) is 2. The lowest BCUT2D eigenvalue weighted by molar-refractivity contribution is -0.119. The molecule has 0 aromatic carbocycles. The second-order valence-electron chi connectivity index (χ2n) is 4.96. The first kappa shape index (κ1) is 17.4. The molecule has 118 valence electrons. The number of aryl methyl sites for hydroxylation is 1. The molecule has 1 rings (SSSR count). The van der Waals surface area contributed by atoms with E-state index in [2.05, 4.69) is 21.7 Å². The molecule has 0 bridgehead atoms. The monoisotopic (exact) mass is 294 g/mol. The number of nitrogens with one attached hydrogen (secondary N) is 2. The summed E-state index contributed by atoms with van der Waals surface area (Å²) in [6.07, 6.45) is 1.84. The van der Waals surface area contributed by atoms with Gasteiger partial charge in [-0.3, -0.25) is 4.79 Å². The number of rotatable bonds is 9. The molecule has 0 fully saturated rings. The number of aromatic nitrogens is 1. The van der Waals surface area contributed by atoms with Crippen molar-refractivity contribution in [2.45, 2.75) is 20.4 Å². The molecule has 2 N–H and O–H groups in total. The van der Waals surface area contributed by atoms with Gasteiger partial charge in [-0.2, -0.15) is 0 Å². The van der Waals surface area contributed by atoms with Crippen LogP contribution in [0.5, 0.6) is 0 Å². The first-order valence-electron chi connectivity index (χ1n) is 7.21. The van der Waals surface area contributed by atoms with Gasteiger partial charge in [-0.1, -0.05) is 0 Å². The molecule has 0 unspecified atom stereocenters. The van der Waals surface area contributed by atoms with Crippen molar-refractivity contribution in [2.24, 2.45) is 0 Å². The second-order valence-corrected chi connectivity index (χ2v) is 4.96. The van der Waals surface area contributed by atoms with Crippen molar-refractivity contribution in [3.63, 3.8) is 0 Å². The third kappa shape index (κ3) is 6.10. The number of methoxy groups -OCH3 is 1. The molecule has 0 saturated carbocycles. The third-order valence-electron chi connectivity index (χ3n) is 3.04. The highest BCUT2D eigenvalue weighted by Crippen LogP contribution is 2.16. The third-order valence-corrected chi connectivity index (χ3v) is 3.04. The molecule has 21 heavy (non-hydrogen) atoms. The summed E-state index contributed by atoms with van der Waals surface area (Å²) in [5.74, 6) is 0.841. The zero-order valence-corrected chi connectivity index (χ0v) is 13.4. The van der Waals surface area contributed by atoms with Gasteiger partial charge in [0, 0.05) is 40.0 Å². The lowest BCUT2D eigenvalue weighted by atomic mass is 10.2. The molecule has 1 aromatic rings. The van der Waals surface area contributed by atoms with E-state index in [0.717, 1.165) is 30.0 Å². The highest BCUT2D eigenvalue weighted by atomic mass is 16.5. The Kier molecular flexibility index (Phi) is 7.71. The van der Waals surface area contributed by atoms with Gasteiger partial charge in [-0.05, 0) is 31.0 Å². The van der Waals surface area contributed by atoms with Crippen LogP contribution in [0.1, 0.15) is 18.1 Å². The van der Waals surface area contributed by atoms with E-state index in [1.165, 1.54) is 0 Å². The zero-order valence-electron chi connectivity index (χ0n) is 13.4. The zero-order chi connectivity index (χ0) is 15.7. The maximum Gasteiger partial charge on any atom is 0.239 e. The van der Waals surface area contributed by atoms with Crippen LogP contribution in [0.25, 0.3) is 0 Å². The fourth-order valence-corrected chi connectivity index (χ4v) is 2.07. The molecule has 6 nitrogen and oxygen atoms in total. The average Bonchev–Trinajstić information content (AvgIpc) is 2.43. The number of carbonyl (C=O) groups is 1. The maximum atomic E-state index is 11.6. The first-order chi connectivity index (χ1) is 10.1. The van der Waals surface area contributed by atoms with E-state index in [1.54, 1.807) is 7.11 Å². The van der Waals surface area contributed by atoms with Crippen molar-refractivity contribution in [3.05, 3.63) is 23.4 Å². The lowest BCUT2D eigenvalue weighted by Crippen LogP contribution is -2.35. The van der Waals surface area contributed by atoms with Gasteiger partial charge in [0.05, 0.1) is 13.2 Å². The van der Waals surface area contributed by atoms with Gasteiger partial charge in [0.15, 0.2) is 0 Å². The Bertz CT molecular complexity index is 451. The van der Waals surface area contributed by atoms with Crippen LogP contribution in [0, 0.1) is 6.92 Å². The van der Waals surface area contributed by atoms with Gasteiger partial charge in [0.2, 0.25) is 5.91 Å². The minimum atomic E-state index is 0.00603. The smallest absolute Gasteiger partial charge is 0.239 e. The summed E-state index contributed by atoms with van der Waals surface area (Å²) in [6, 6.07) is 2.09. The summed E-state index contributed by atoms with van der Waals surface area (Å²) in [4.78, 5) is 17.9. The fraction of sp³-hybridized carbons (Fsp3) is 0.600. The van der Waals surface area contributed by atoms with E-state index in [4.69, 9.17) is 4.74 Å².